The van der Waals surface area contributed by atoms with E-state index in [0.717, 1.165) is 3.57 Å². The average Bonchev–Trinajstić information content (AvgIpc) is 3.26. The molecule has 4 aromatic rings. The van der Waals surface area contributed by atoms with Crippen molar-refractivity contribution < 1.29 is 13.9 Å². The van der Waals surface area contributed by atoms with E-state index in [0.29, 0.717) is 50.6 Å². The number of H-pyrrole nitrogens is 1. The molecule has 0 saturated carbocycles. The molecule has 0 bridgehead atoms. The molecule has 0 amide bonds. The first-order valence-electron chi connectivity index (χ1n) is 9.36. The Labute approximate surface area is 184 Å². The van der Waals surface area contributed by atoms with Crippen molar-refractivity contribution in [2.75, 3.05) is 5.32 Å². The van der Waals surface area contributed by atoms with Crippen molar-refractivity contribution in [3.63, 3.8) is 0 Å². The van der Waals surface area contributed by atoms with E-state index in [2.05, 4.69) is 43.1 Å². The van der Waals surface area contributed by atoms with Crippen molar-refractivity contribution in [1.82, 2.24) is 19.7 Å². The third kappa shape index (κ3) is 2.61. The lowest BCUT2D eigenvalue weighted by atomic mass is 9.92. The molecule has 0 saturated heterocycles. The lowest BCUT2D eigenvalue weighted by Gasteiger charge is -2.35. The number of nitrogens with one attached hydrogen (secondary N) is 2. The maximum atomic E-state index is 15.5. The van der Waals surface area contributed by atoms with Gasteiger partial charge in [0.2, 0.25) is 0 Å². The van der Waals surface area contributed by atoms with Gasteiger partial charge in [0.05, 0.1) is 22.4 Å². The molecule has 1 aliphatic heterocycles. The molecule has 6 nitrogen and oxygen atoms in total. The number of aliphatic hydroxyl groups is 1. The van der Waals surface area contributed by atoms with Crippen LogP contribution < -0.4 is 5.32 Å². The zero-order valence-corrected chi connectivity index (χ0v) is 18.6. The van der Waals surface area contributed by atoms with E-state index >= 15 is 4.39 Å². The Bertz CT molecular complexity index is 1340. The second kappa shape index (κ2) is 6.48. The van der Waals surface area contributed by atoms with Crippen LogP contribution in [0.1, 0.15) is 31.1 Å². The molecule has 9 heteroatoms. The number of benzene rings is 2. The summed E-state index contributed by atoms with van der Waals surface area (Å²) in [6.07, 6.45) is 1.77. The lowest BCUT2D eigenvalue weighted by Crippen LogP contribution is -2.36. The summed E-state index contributed by atoms with van der Waals surface area (Å²) in [6, 6.07) is 4.19. The van der Waals surface area contributed by atoms with Gasteiger partial charge in [0.1, 0.15) is 18.2 Å². The SMILES string of the molecule is Cc1c(-c2cc(F)cc3c(I)c[nH]c23)c(F)cc2c1-n1c(CO)nnc1C(C)(C)N2. The number of aliphatic hydroxyl groups excluding tert-OH is 1. The minimum absolute atomic E-state index is 0.293. The Balaban J connectivity index is 1.87. The van der Waals surface area contributed by atoms with Crippen LogP contribution in [0, 0.1) is 22.1 Å². The molecule has 0 aliphatic carbocycles. The monoisotopic (exact) mass is 521 g/mol. The zero-order chi connectivity index (χ0) is 21.4. The zero-order valence-electron chi connectivity index (χ0n) is 16.4. The summed E-state index contributed by atoms with van der Waals surface area (Å²) in [6.45, 7) is 5.30. The van der Waals surface area contributed by atoms with Crippen LogP contribution in [-0.4, -0.2) is 24.9 Å². The average molecular weight is 521 g/mol. The number of aromatic nitrogens is 4. The minimum atomic E-state index is -0.616. The van der Waals surface area contributed by atoms with Crippen LogP contribution in [0.3, 0.4) is 0 Å². The molecule has 0 radical (unpaired) electrons. The number of nitrogens with zero attached hydrogens (tertiary/aromatic N) is 3. The van der Waals surface area contributed by atoms with E-state index in [1.165, 1.54) is 18.2 Å². The quantitative estimate of drug-likeness (QED) is 0.333. The number of rotatable bonds is 2. The van der Waals surface area contributed by atoms with Crippen LogP contribution >= 0.6 is 22.6 Å². The number of anilines is 1. The summed E-state index contributed by atoms with van der Waals surface area (Å²) in [4.78, 5) is 3.14. The van der Waals surface area contributed by atoms with Gasteiger partial charge in [-0.3, -0.25) is 4.57 Å². The van der Waals surface area contributed by atoms with Gasteiger partial charge in [0.15, 0.2) is 11.6 Å². The first kappa shape index (κ1) is 19.4. The molecule has 3 N–H and O–H groups in total. The van der Waals surface area contributed by atoms with Gasteiger partial charge in [-0.05, 0) is 67.1 Å². The smallest absolute Gasteiger partial charge is 0.163 e. The van der Waals surface area contributed by atoms with Crippen molar-refractivity contribution in [1.29, 1.82) is 0 Å². The highest BCUT2D eigenvalue weighted by atomic mass is 127. The first-order chi connectivity index (χ1) is 14.2. The van der Waals surface area contributed by atoms with E-state index in [4.69, 9.17) is 0 Å². The van der Waals surface area contributed by atoms with Gasteiger partial charge >= 0.3 is 0 Å². The highest BCUT2D eigenvalue weighted by Gasteiger charge is 2.37. The van der Waals surface area contributed by atoms with Crippen LogP contribution in [0.4, 0.5) is 14.5 Å². The van der Waals surface area contributed by atoms with Gasteiger partial charge in [-0.1, -0.05) is 0 Å². The molecule has 1 aliphatic rings. The van der Waals surface area contributed by atoms with Crippen molar-refractivity contribution in [2.24, 2.45) is 0 Å². The Morgan fingerprint density at radius 3 is 2.70 bits per heavy atom. The molecule has 0 unspecified atom stereocenters. The Morgan fingerprint density at radius 2 is 1.97 bits per heavy atom. The fourth-order valence-electron chi connectivity index (χ4n) is 4.29. The first-order valence-corrected chi connectivity index (χ1v) is 10.4. The van der Waals surface area contributed by atoms with E-state index in [1.807, 2.05) is 13.8 Å². The number of hydrogen-bond donors (Lipinski definition) is 3. The summed E-state index contributed by atoms with van der Waals surface area (Å²) < 4.78 is 32.5. The molecule has 154 valence electrons. The minimum Gasteiger partial charge on any atom is -0.388 e. The lowest BCUT2D eigenvalue weighted by molar-refractivity contribution is 0.268. The summed E-state index contributed by atoms with van der Waals surface area (Å²) in [7, 11) is 0. The predicted molar refractivity (Wildman–Crippen MR) is 119 cm³/mol. The third-order valence-corrected chi connectivity index (χ3v) is 6.46. The number of aromatic amines is 1. The molecule has 0 atom stereocenters. The Hall–Kier alpha value is -2.53. The predicted octanol–water partition coefficient (Wildman–Crippen LogP) is 4.76. The second-order valence-corrected chi connectivity index (χ2v) is 9.11. The number of hydrogen-bond acceptors (Lipinski definition) is 4. The highest BCUT2D eigenvalue weighted by Crippen LogP contribution is 2.44. The largest absolute Gasteiger partial charge is 0.388 e. The van der Waals surface area contributed by atoms with Crippen LogP contribution in [0.5, 0.6) is 0 Å². The molecular formula is C21H18F2IN5O. The van der Waals surface area contributed by atoms with E-state index in [9.17, 15) is 9.50 Å². The van der Waals surface area contributed by atoms with Gasteiger partial charge in [-0.15, -0.1) is 10.2 Å². The van der Waals surface area contributed by atoms with Crippen molar-refractivity contribution in [3.05, 3.63) is 56.8 Å². The number of halogens is 3. The van der Waals surface area contributed by atoms with Crippen LogP contribution in [0.25, 0.3) is 27.7 Å². The molecule has 5 rings (SSSR count). The van der Waals surface area contributed by atoms with Crippen molar-refractivity contribution >= 4 is 39.2 Å². The van der Waals surface area contributed by atoms with Gasteiger partial charge in [0.25, 0.3) is 0 Å². The molecule has 3 heterocycles. The summed E-state index contributed by atoms with van der Waals surface area (Å²) in [5.41, 5.74) is 2.59. The van der Waals surface area contributed by atoms with Gasteiger partial charge in [0, 0.05) is 26.3 Å². The number of fused-ring (bicyclic) bond motifs is 4. The van der Waals surface area contributed by atoms with Crippen molar-refractivity contribution in [2.45, 2.75) is 32.9 Å². The van der Waals surface area contributed by atoms with Crippen LogP contribution in [0.2, 0.25) is 0 Å². The highest BCUT2D eigenvalue weighted by molar-refractivity contribution is 14.1. The summed E-state index contributed by atoms with van der Waals surface area (Å²) >= 11 is 2.12. The third-order valence-electron chi connectivity index (χ3n) is 5.57. The van der Waals surface area contributed by atoms with Gasteiger partial charge in [-0.2, -0.15) is 0 Å². The van der Waals surface area contributed by atoms with Crippen molar-refractivity contribution in [3.8, 4) is 16.8 Å². The van der Waals surface area contributed by atoms with E-state index < -0.39 is 17.2 Å². The normalized spacial score (nSPS) is 14.5. The van der Waals surface area contributed by atoms with Crippen LogP contribution in [0.15, 0.2) is 24.4 Å². The standard InChI is InChI=1S/C21H18F2IN5O/c1-9-17(12-5-10(22)4-11-14(24)7-25-18(11)12)13(23)6-15-19(9)29-16(8-30)27-28-20(29)21(2,3)26-15/h4-7,25-26,30H,8H2,1-3H3. The van der Waals surface area contributed by atoms with E-state index in [-0.39, 0.29) is 6.61 Å². The summed E-state index contributed by atoms with van der Waals surface area (Å²) in [5, 5.41) is 22.2. The Morgan fingerprint density at radius 1 is 1.20 bits per heavy atom. The van der Waals surface area contributed by atoms with Gasteiger partial charge in [-0.25, -0.2) is 8.78 Å². The van der Waals surface area contributed by atoms with Gasteiger partial charge < -0.3 is 15.4 Å². The van der Waals surface area contributed by atoms with E-state index in [1.54, 1.807) is 17.7 Å². The molecule has 0 fully saturated rings. The molecule has 2 aromatic carbocycles. The maximum absolute atomic E-state index is 15.5. The fourth-order valence-corrected chi connectivity index (χ4v) is 4.87. The molecule has 2 aromatic heterocycles. The topological polar surface area (TPSA) is 78.8 Å². The summed E-state index contributed by atoms with van der Waals surface area (Å²) in [5.74, 6) is 0.0683. The molecule has 0 spiro atoms. The molecule has 30 heavy (non-hydrogen) atoms. The van der Waals surface area contributed by atoms with Crippen LogP contribution in [-0.2, 0) is 12.1 Å². The second-order valence-electron chi connectivity index (χ2n) is 7.95. The Kier molecular flexibility index (Phi) is 4.20. The molecular weight excluding hydrogens is 503 g/mol. The maximum Gasteiger partial charge on any atom is 0.163 e. The fraction of sp³-hybridized carbons (Fsp3) is 0.238.